The van der Waals surface area contributed by atoms with Crippen molar-refractivity contribution in [3.05, 3.63) is 0 Å². The Morgan fingerprint density at radius 3 is 2.65 bits per heavy atom. The maximum atomic E-state index is 3.71. The summed E-state index contributed by atoms with van der Waals surface area (Å²) in [4.78, 5) is 2.75. The summed E-state index contributed by atoms with van der Waals surface area (Å²) in [5.41, 5.74) is 0. The molecule has 0 radical (unpaired) electrons. The van der Waals surface area contributed by atoms with Crippen molar-refractivity contribution in [2.75, 3.05) is 19.6 Å². The number of rotatable bonds is 6. The van der Waals surface area contributed by atoms with Crippen LogP contribution in [0.2, 0.25) is 0 Å². The van der Waals surface area contributed by atoms with Gasteiger partial charge in [0.2, 0.25) is 0 Å². The average molecular weight is 280 g/mol. The van der Waals surface area contributed by atoms with E-state index in [9.17, 15) is 0 Å². The number of nitrogens with zero attached hydrogens (tertiary/aromatic N) is 1. The third-order valence-electron chi connectivity index (χ3n) is 5.57. The van der Waals surface area contributed by atoms with Crippen molar-refractivity contribution in [2.24, 2.45) is 11.8 Å². The van der Waals surface area contributed by atoms with E-state index in [4.69, 9.17) is 0 Å². The molecular formula is C18H36N2. The molecule has 0 bridgehead atoms. The van der Waals surface area contributed by atoms with Gasteiger partial charge in [0.25, 0.3) is 0 Å². The van der Waals surface area contributed by atoms with Gasteiger partial charge in [0.1, 0.15) is 0 Å². The first-order chi connectivity index (χ1) is 9.69. The molecule has 1 saturated heterocycles. The van der Waals surface area contributed by atoms with E-state index in [2.05, 4.69) is 31.0 Å². The number of hydrogen-bond acceptors (Lipinski definition) is 2. The van der Waals surface area contributed by atoms with Crippen LogP contribution in [0, 0.1) is 11.8 Å². The van der Waals surface area contributed by atoms with E-state index in [1.54, 1.807) is 0 Å². The lowest BCUT2D eigenvalue weighted by Gasteiger charge is -2.39. The molecule has 1 saturated carbocycles. The summed E-state index contributed by atoms with van der Waals surface area (Å²) in [5, 5.41) is 3.71. The fourth-order valence-electron chi connectivity index (χ4n) is 4.26. The predicted molar refractivity (Wildman–Crippen MR) is 88.1 cm³/mol. The van der Waals surface area contributed by atoms with Gasteiger partial charge in [0.05, 0.1) is 0 Å². The van der Waals surface area contributed by atoms with Crippen LogP contribution >= 0.6 is 0 Å². The van der Waals surface area contributed by atoms with E-state index in [0.717, 1.165) is 23.9 Å². The summed E-state index contributed by atoms with van der Waals surface area (Å²) in [6, 6.07) is 1.55. The predicted octanol–water partition coefficient (Wildman–Crippen LogP) is 4.06. The van der Waals surface area contributed by atoms with E-state index in [1.807, 2.05) is 0 Å². The highest BCUT2D eigenvalue weighted by Gasteiger charge is 2.26. The second-order valence-electron chi connectivity index (χ2n) is 7.49. The highest BCUT2D eigenvalue weighted by atomic mass is 15.2. The first-order valence-corrected chi connectivity index (χ1v) is 9.16. The van der Waals surface area contributed by atoms with Crippen molar-refractivity contribution in [3.8, 4) is 0 Å². The van der Waals surface area contributed by atoms with Gasteiger partial charge in [0, 0.05) is 12.1 Å². The van der Waals surface area contributed by atoms with E-state index in [0.29, 0.717) is 0 Å². The molecule has 0 aromatic rings. The van der Waals surface area contributed by atoms with Gasteiger partial charge in [-0.2, -0.15) is 0 Å². The number of nitrogens with one attached hydrogen (secondary N) is 1. The van der Waals surface area contributed by atoms with E-state index < -0.39 is 0 Å². The quantitative estimate of drug-likeness (QED) is 0.789. The Labute approximate surface area is 126 Å². The molecule has 4 unspecified atom stereocenters. The van der Waals surface area contributed by atoms with Crippen LogP contribution in [0.5, 0.6) is 0 Å². The number of likely N-dealkylation sites (tertiary alicyclic amines) is 1. The van der Waals surface area contributed by atoms with Gasteiger partial charge < -0.3 is 10.2 Å². The molecule has 20 heavy (non-hydrogen) atoms. The molecule has 2 aliphatic rings. The summed E-state index contributed by atoms with van der Waals surface area (Å²) in [6.45, 7) is 11.0. The molecule has 1 aliphatic carbocycles. The Morgan fingerprint density at radius 1 is 1.10 bits per heavy atom. The molecule has 1 aliphatic heterocycles. The zero-order chi connectivity index (χ0) is 14.4. The Kier molecular flexibility index (Phi) is 6.83. The third-order valence-corrected chi connectivity index (χ3v) is 5.57. The minimum Gasteiger partial charge on any atom is -0.314 e. The molecule has 0 amide bonds. The fraction of sp³-hybridized carbons (Fsp3) is 1.00. The smallest absolute Gasteiger partial charge is 0.00940 e. The molecule has 2 heteroatoms. The van der Waals surface area contributed by atoms with Gasteiger partial charge >= 0.3 is 0 Å². The van der Waals surface area contributed by atoms with Gasteiger partial charge in [-0.15, -0.1) is 0 Å². The maximum Gasteiger partial charge on any atom is 0.00940 e. The molecule has 118 valence electrons. The van der Waals surface area contributed by atoms with E-state index in [-0.39, 0.29) is 0 Å². The molecule has 4 atom stereocenters. The van der Waals surface area contributed by atoms with E-state index in [1.165, 1.54) is 71.0 Å². The molecule has 0 spiro atoms. The van der Waals surface area contributed by atoms with Gasteiger partial charge in [-0.25, -0.2) is 0 Å². The second kappa shape index (κ2) is 8.38. The van der Waals surface area contributed by atoms with Crippen LogP contribution in [0.3, 0.4) is 0 Å². The topological polar surface area (TPSA) is 15.3 Å². The van der Waals surface area contributed by atoms with Crippen LogP contribution < -0.4 is 5.32 Å². The fourth-order valence-corrected chi connectivity index (χ4v) is 4.26. The SMILES string of the molecule is CCCNC1CCN(CCC2CCCC(C)C2)C(C)C1. The van der Waals surface area contributed by atoms with Gasteiger partial charge in [-0.1, -0.05) is 33.1 Å². The van der Waals surface area contributed by atoms with Crippen LogP contribution in [0.15, 0.2) is 0 Å². The van der Waals surface area contributed by atoms with Gasteiger partial charge in [-0.05, 0) is 70.5 Å². The van der Waals surface area contributed by atoms with Crippen molar-refractivity contribution in [3.63, 3.8) is 0 Å². The zero-order valence-electron chi connectivity index (χ0n) is 14.0. The largest absolute Gasteiger partial charge is 0.314 e. The molecule has 1 heterocycles. The highest BCUT2D eigenvalue weighted by molar-refractivity contribution is 4.83. The van der Waals surface area contributed by atoms with Crippen LogP contribution in [-0.4, -0.2) is 36.6 Å². The molecule has 1 N–H and O–H groups in total. The molecular weight excluding hydrogens is 244 g/mol. The Balaban J connectivity index is 1.66. The van der Waals surface area contributed by atoms with Crippen molar-refractivity contribution in [1.82, 2.24) is 10.2 Å². The molecule has 0 aromatic heterocycles. The minimum atomic E-state index is 0.774. The van der Waals surface area contributed by atoms with Crippen molar-refractivity contribution in [1.29, 1.82) is 0 Å². The van der Waals surface area contributed by atoms with E-state index >= 15 is 0 Å². The summed E-state index contributed by atoms with van der Waals surface area (Å²) in [6.07, 6.45) is 11.3. The number of piperidine rings is 1. The summed E-state index contributed by atoms with van der Waals surface area (Å²) in [7, 11) is 0. The Bertz CT molecular complexity index is 266. The lowest BCUT2D eigenvalue weighted by molar-refractivity contribution is 0.120. The lowest BCUT2D eigenvalue weighted by atomic mass is 9.80. The monoisotopic (exact) mass is 280 g/mol. The average Bonchev–Trinajstić information content (AvgIpc) is 2.44. The Hall–Kier alpha value is -0.0800. The molecule has 2 rings (SSSR count). The van der Waals surface area contributed by atoms with Crippen LogP contribution in [0.1, 0.15) is 72.1 Å². The third kappa shape index (κ3) is 5.04. The van der Waals surface area contributed by atoms with Crippen molar-refractivity contribution in [2.45, 2.75) is 84.2 Å². The van der Waals surface area contributed by atoms with Crippen molar-refractivity contribution < 1.29 is 0 Å². The minimum absolute atomic E-state index is 0.774. The summed E-state index contributed by atoms with van der Waals surface area (Å²) < 4.78 is 0. The molecule has 2 nitrogen and oxygen atoms in total. The zero-order valence-corrected chi connectivity index (χ0v) is 14.0. The normalized spacial score (nSPS) is 36.1. The number of hydrogen-bond donors (Lipinski definition) is 1. The summed E-state index contributed by atoms with van der Waals surface area (Å²) in [5.74, 6) is 2.00. The van der Waals surface area contributed by atoms with Gasteiger partial charge in [-0.3, -0.25) is 0 Å². The van der Waals surface area contributed by atoms with Crippen LogP contribution in [-0.2, 0) is 0 Å². The van der Waals surface area contributed by atoms with Crippen LogP contribution in [0.25, 0.3) is 0 Å². The molecule has 0 aromatic carbocycles. The Morgan fingerprint density at radius 2 is 1.95 bits per heavy atom. The molecule has 2 fully saturated rings. The van der Waals surface area contributed by atoms with Crippen LogP contribution in [0.4, 0.5) is 0 Å². The maximum absolute atomic E-state index is 3.71. The first-order valence-electron chi connectivity index (χ1n) is 9.16. The van der Waals surface area contributed by atoms with Gasteiger partial charge in [0.15, 0.2) is 0 Å². The lowest BCUT2D eigenvalue weighted by Crippen LogP contribution is -2.48. The van der Waals surface area contributed by atoms with Crippen molar-refractivity contribution >= 4 is 0 Å². The first kappa shape index (κ1) is 16.3. The highest BCUT2D eigenvalue weighted by Crippen LogP contribution is 2.31. The second-order valence-corrected chi connectivity index (χ2v) is 7.49. The standard InChI is InChI=1S/C18H36N2/c1-4-10-19-18-9-12-20(16(3)14-18)11-8-17-7-5-6-15(2)13-17/h15-19H,4-14H2,1-3H3. The summed E-state index contributed by atoms with van der Waals surface area (Å²) >= 11 is 0.